The van der Waals surface area contributed by atoms with Crippen molar-refractivity contribution in [3.63, 3.8) is 0 Å². The van der Waals surface area contributed by atoms with Crippen LogP contribution in [0, 0.1) is 13.8 Å². The number of nitrogens with two attached hydrogens (primary N) is 1. The molecule has 2 heterocycles. The molecule has 1 aromatic heterocycles. The van der Waals surface area contributed by atoms with Crippen LogP contribution in [-0.2, 0) is 4.79 Å². The molecule has 21 heavy (non-hydrogen) atoms. The minimum atomic E-state index is -1.11. The molecule has 2 rings (SSSR count). The van der Waals surface area contributed by atoms with Crippen molar-refractivity contribution in [3.8, 4) is 0 Å². The van der Waals surface area contributed by atoms with E-state index in [4.69, 9.17) is 10.8 Å². The maximum atomic E-state index is 12.7. The highest BCUT2D eigenvalue weighted by molar-refractivity contribution is 6.02. The van der Waals surface area contributed by atoms with Crippen LogP contribution in [0.1, 0.15) is 51.4 Å². The quantitative estimate of drug-likeness (QED) is 0.764. The Morgan fingerprint density at radius 2 is 1.95 bits per heavy atom. The number of carbonyl (C=O) groups excluding carboxylic acids is 2. The lowest BCUT2D eigenvalue weighted by Gasteiger charge is -2.33. The van der Waals surface area contributed by atoms with Gasteiger partial charge in [-0.3, -0.25) is 9.59 Å². The Hall–Kier alpha value is -2.31. The van der Waals surface area contributed by atoms with Gasteiger partial charge >= 0.3 is 5.97 Å². The normalized spacial score (nSPS) is 18.6. The number of carboxylic acids is 1. The molecule has 1 saturated heterocycles. The van der Waals surface area contributed by atoms with Crippen LogP contribution in [0.25, 0.3) is 0 Å². The summed E-state index contributed by atoms with van der Waals surface area (Å²) in [5, 5.41) is 9.11. The van der Waals surface area contributed by atoms with E-state index in [1.54, 1.807) is 13.8 Å². The van der Waals surface area contributed by atoms with Crippen molar-refractivity contribution in [1.29, 1.82) is 0 Å². The van der Waals surface area contributed by atoms with Crippen molar-refractivity contribution in [2.75, 3.05) is 6.54 Å². The van der Waals surface area contributed by atoms with Crippen LogP contribution < -0.4 is 5.73 Å². The summed E-state index contributed by atoms with van der Waals surface area (Å²) >= 11 is 0. The number of hydrogen-bond donors (Lipinski definition) is 3. The van der Waals surface area contributed by atoms with Crippen molar-refractivity contribution in [2.45, 2.75) is 39.2 Å². The van der Waals surface area contributed by atoms with Crippen molar-refractivity contribution in [2.24, 2.45) is 5.73 Å². The summed E-state index contributed by atoms with van der Waals surface area (Å²) in [7, 11) is 0. The molecule has 0 aromatic carbocycles. The summed E-state index contributed by atoms with van der Waals surface area (Å²) in [6.07, 6.45) is 2.21. The van der Waals surface area contributed by atoms with E-state index in [0.717, 1.165) is 12.8 Å². The highest BCUT2D eigenvalue weighted by atomic mass is 16.4. The van der Waals surface area contributed by atoms with Crippen LogP contribution in [0.3, 0.4) is 0 Å². The number of piperidine rings is 1. The summed E-state index contributed by atoms with van der Waals surface area (Å²) in [6.45, 7) is 3.69. The van der Waals surface area contributed by atoms with Gasteiger partial charge in [0.05, 0.1) is 5.56 Å². The van der Waals surface area contributed by atoms with Gasteiger partial charge in [-0.1, -0.05) is 0 Å². The molecule has 0 spiro atoms. The zero-order chi connectivity index (χ0) is 15.7. The van der Waals surface area contributed by atoms with Crippen LogP contribution in [0.2, 0.25) is 0 Å². The SMILES string of the molecule is Cc1[nH]c(C(=O)O)c(C)c1C(=O)N1CCCCC1C(N)=O. The molecule has 1 aliphatic rings. The minimum Gasteiger partial charge on any atom is -0.477 e. The standard InChI is InChI=1S/C14H19N3O4/c1-7-10(8(2)16-11(7)14(20)21)13(19)17-6-4-3-5-9(17)12(15)18/h9,16H,3-6H2,1-2H3,(H2,15,18)(H,20,21). The number of nitrogens with one attached hydrogen (secondary N) is 1. The lowest BCUT2D eigenvalue weighted by atomic mass is 9.99. The summed E-state index contributed by atoms with van der Waals surface area (Å²) in [5.74, 6) is -1.97. The van der Waals surface area contributed by atoms with Gasteiger partial charge in [-0.25, -0.2) is 4.79 Å². The molecule has 1 aliphatic heterocycles. The fourth-order valence-electron chi connectivity index (χ4n) is 2.90. The largest absolute Gasteiger partial charge is 0.477 e. The number of carbonyl (C=O) groups is 3. The molecule has 1 unspecified atom stereocenters. The lowest BCUT2D eigenvalue weighted by Crippen LogP contribution is -2.50. The predicted octanol–water partition coefficient (Wildman–Crippen LogP) is 0.810. The van der Waals surface area contributed by atoms with Gasteiger partial charge in [-0.15, -0.1) is 0 Å². The first-order valence-corrected chi connectivity index (χ1v) is 6.87. The molecular weight excluding hydrogens is 274 g/mol. The van der Waals surface area contributed by atoms with Crippen molar-refractivity contribution < 1.29 is 19.5 Å². The van der Waals surface area contributed by atoms with Crippen LogP contribution in [0.5, 0.6) is 0 Å². The lowest BCUT2D eigenvalue weighted by molar-refractivity contribution is -0.123. The Balaban J connectivity index is 2.39. The molecule has 0 radical (unpaired) electrons. The molecule has 7 nitrogen and oxygen atoms in total. The molecule has 7 heteroatoms. The van der Waals surface area contributed by atoms with Gasteiger partial charge in [0, 0.05) is 12.2 Å². The molecule has 0 saturated carbocycles. The van der Waals surface area contributed by atoms with Gasteiger partial charge in [-0.2, -0.15) is 0 Å². The minimum absolute atomic E-state index is 0.00323. The Kier molecular flexibility index (Phi) is 4.02. The first-order valence-electron chi connectivity index (χ1n) is 6.87. The Morgan fingerprint density at radius 1 is 1.29 bits per heavy atom. The summed E-state index contributed by atoms with van der Waals surface area (Å²) < 4.78 is 0. The molecule has 1 aromatic rings. The summed E-state index contributed by atoms with van der Waals surface area (Å²) in [4.78, 5) is 39.5. The van der Waals surface area contributed by atoms with Crippen molar-refractivity contribution >= 4 is 17.8 Å². The third kappa shape index (κ3) is 2.63. The third-order valence-corrected chi connectivity index (χ3v) is 3.96. The smallest absolute Gasteiger partial charge is 0.352 e. The third-order valence-electron chi connectivity index (χ3n) is 3.96. The monoisotopic (exact) mass is 293 g/mol. The molecule has 1 atom stereocenters. The summed E-state index contributed by atoms with van der Waals surface area (Å²) in [6, 6.07) is -0.617. The number of primary amides is 1. The number of amides is 2. The number of aromatic nitrogens is 1. The first kappa shape index (κ1) is 15.1. The number of H-pyrrole nitrogens is 1. The number of rotatable bonds is 3. The van der Waals surface area contributed by atoms with Gasteiger partial charge in [0.25, 0.3) is 5.91 Å². The van der Waals surface area contributed by atoms with E-state index in [9.17, 15) is 14.4 Å². The predicted molar refractivity (Wildman–Crippen MR) is 75.1 cm³/mol. The molecule has 114 valence electrons. The maximum absolute atomic E-state index is 12.7. The number of nitrogens with zero attached hydrogens (tertiary/aromatic N) is 1. The molecule has 1 fully saturated rings. The molecule has 4 N–H and O–H groups in total. The van der Waals surface area contributed by atoms with Gasteiger partial charge in [0.2, 0.25) is 5.91 Å². The average Bonchev–Trinajstić information content (AvgIpc) is 2.73. The van der Waals surface area contributed by atoms with Crippen molar-refractivity contribution in [1.82, 2.24) is 9.88 Å². The first-order chi connectivity index (χ1) is 9.84. The van der Waals surface area contributed by atoms with Gasteiger partial charge in [0.15, 0.2) is 0 Å². The van der Waals surface area contributed by atoms with E-state index in [1.165, 1.54) is 4.90 Å². The highest BCUT2D eigenvalue weighted by Gasteiger charge is 2.33. The van der Waals surface area contributed by atoms with Crippen LogP contribution in [0.15, 0.2) is 0 Å². The number of likely N-dealkylation sites (tertiary alicyclic amines) is 1. The molecule has 2 amide bonds. The van der Waals surface area contributed by atoms with E-state index >= 15 is 0 Å². The second-order valence-corrected chi connectivity index (χ2v) is 5.34. The van der Waals surface area contributed by atoms with Crippen LogP contribution >= 0.6 is 0 Å². The summed E-state index contributed by atoms with van der Waals surface area (Å²) in [5.41, 5.74) is 6.57. The van der Waals surface area contributed by atoms with Gasteiger partial charge in [-0.05, 0) is 38.7 Å². The van der Waals surface area contributed by atoms with E-state index in [0.29, 0.717) is 29.8 Å². The molecular formula is C14H19N3O4. The Morgan fingerprint density at radius 3 is 2.48 bits per heavy atom. The molecule has 0 bridgehead atoms. The zero-order valence-electron chi connectivity index (χ0n) is 12.1. The van der Waals surface area contributed by atoms with Gasteiger partial charge in [0.1, 0.15) is 11.7 Å². The topological polar surface area (TPSA) is 116 Å². The maximum Gasteiger partial charge on any atom is 0.352 e. The van der Waals surface area contributed by atoms with E-state index < -0.39 is 17.9 Å². The second kappa shape index (κ2) is 5.59. The zero-order valence-corrected chi connectivity index (χ0v) is 12.1. The molecule has 0 aliphatic carbocycles. The van der Waals surface area contributed by atoms with Gasteiger partial charge < -0.3 is 20.7 Å². The Labute approximate surface area is 122 Å². The fourth-order valence-corrected chi connectivity index (χ4v) is 2.90. The number of carboxylic acid groups (broad SMARTS) is 1. The average molecular weight is 293 g/mol. The number of aromatic carboxylic acids is 1. The number of hydrogen-bond acceptors (Lipinski definition) is 3. The van der Waals surface area contributed by atoms with Crippen molar-refractivity contribution in [3.05, 3.63) is 22.5 Å². The number of aryl methyl sites for hydroxylation is 1. The highest BCUT2D eigenvalue weighted by Crippen LogP contribution is 2.24. The van der Waals surface area contributed by atoms with E-state index in [2.05, 4.69) is 4.98 Å². The van der Waals surface area contributed by atoms with Crippen LogP contribution in [-0.4, -0.2) is 45.4 Å². The van der Waals surface area contributed by atoms with E-state index in [1.807, 2.05) is 0 Å². The number of aromatic amines is 1. The van der Waals surface area contributed by atoms with Crippen LogP contribution in [0.4, 0.5) is 0 Å². The fraction of sp³-hybridized carbons (Fsp3) is 0.500. The second-order valence-electron chi connectivity index (χ2n) is 5.34. The van der Waals surface area contributed by atoms with E-state index in [-0.39, 0.29) is 11.6 Å². The Bertz CT molecular complexity index is 606.